The van der Waals surface area contributed by atoms with Crippen LogP contribution in [-0.2, 0) is 9.59 Å². The third kappa shape index (κ3) is 7.13. The van der Waals surface area contributed by atoms with Crippen molar-refractivity contribution in [3.8, 4) is 5.75 Å². The van der Waals surface area contributed by atoms with E-state index < -0.39 is 18.5 Å². The van der Waals surface area contributed by atoms with E-state index in [2.05, 4.69) is 11.9 Å². The monoisotopic (exact) mass is 404 g/mol. The van der Waals surface area contributed by atoms with E-state index in [1.54, 1.807) is 24.3 Å². The lowest BCUT2D eigenvalue weighted by molar-refractivity contribution is -0.143. The molecule has 0 bridgehead atoms. The zero-order valence-corrected chi connectivity index (χ0v) is 15.3. The molecule has 148 valence electrons. The van der Waals surface area contributed by atoms with Crippen LogP contribution in [0.15, 0.2) is 36.5 Å². The van der Waals surface area contributed by atoms with Crippen LogP contribution in [0.3, 0.4) is 0 Å². The summed E-state index contributed by atoms with van der Waals surface area (Å²) in [6.07, 6.45) is -5.15. The van der Waals surface area contributed by atoms with Crippen LogP contribution in [0.4, 0.5) is 13.2 Å². The molecule has 1 N–H and O–H groups in total. The standard InChI is InChI=1S/C18H20ClF3N2O3/c1-12(24-10-13(8-17(24)26)9-18(20,21)22)6-7-23-16(25)11-27-15-4-2-14(19)3-5-15/h2-5,13H,1,6-11H2,(H,23,25)/t13-/m1/s1. The van der Waals surface area contributed by atoms with Gasteiger partial charge in [0.2, 0.25) is 5.91 Å². The minimum Gasteiger partial charge on any atom is -0.484 e. The van der Waals surface area contributed by atoms with Crippen LogP contribution in [0.25, 0.3) is 0 Å². The van der Waals surface area contributed by atoms with E-state index in [1.807, 2.05) is 0 Å². The first-order valence-corrected chi connectivity index (χ1v) is 8.72. The van der Waals surface area contributed by atoms with Gasteiger partial charge in [-0.15, -0.1) is 0 Å². The maximum atomic E-state index is 12.5. The van der Waals surface area contributed by atoms with Gasteiger partial charge < -0.3 is 15.0 Å². The number of hydrogen-bond acceptors (Lipinski definition) is 3. The summed E-state index contributed by atoms with van der Waals surface area (Å²) in [5.41, 5.74) is 0.392. The molecule has 1 aromatic rings. The first kappa shape index (κ1) is 21.1. The van der Waals surface area contributed by atoms with Crippen LogP contribution in [0.1, 0.15) is 19.3 Å². The Balaban J connectivity index is 1.68. The van der Waals surface area contributed by atoms with Gasteiger partial charge in [0.15, 0.2) is 6.61 Å². The lowest BCUT2D eigenvalue weighted by Crippen LogP contribution is -2.32. The zero-order chi connectivity index (χ0) is 20.0. The van der Waals surface area contributed by atoms with Crippen molar-refractivity contribution >= 4 is 23.4 Å². The molecule has 1 aliphatic heterocycles. The molecule has 2 amide bonds. The summed E-state index contributed by atoms with van der Waals surface area (Å²) in [6, 6.07) is 6.54. The Labute approximate surface area is 160 Å². The summed E-state index contributed by atoms with van der Waals surface area (Å²) >= 11 is 5.75. The molecule has 27 heavy (non-hydrogen) atoms. The number of hydrogen-bond donors (Lipinski definition) is 1. The predicted octanol–water partition coefficient (Wildman–Crippen LogP) is 3.54. The summed E-state index contributed by atoms with van der Waals surface area (Å²) in [5, 5.41) is 3.17. The van der Waals surface area contributed by atoms with Crippen LogP contribution in [0.5, 0.6) is 5.75 Å². The SMILES string of the molecule is C=C(CCNC(=O)COc1ccc(Cl)cc1)N1C[C@@H](CC(F)(F)F)CC1=O. The van der Waals surface area contributed by atoms with Crippen LogP contribution in [0, 0.1) is 5.92 Å². The van der Waals surface area contributed by atoms with E-state index >= 15 is 0 Å². The van der Waals surface area contributed by atoms with Gasteiger partial charge in [-0.3, -0.25) is 9.59 Å². The Bertz CT molecular complexity index is 692. The number of ether oxygens (including phenoxy) is 1. The third-order valence-electron chi connectivity index (χ3n) is 4.03. The van der Waals surface area contributed by atoms with Gasteiger partial charge in [0.1, 0.15) is 5.75 Å². The second-order valence-electron chi connectivity index (χ2n) is 6.30. The van der Waals surface area contributed by atoms with E-state index in [0.29, 0.717) is 16.5 Å². The van der Waals surface area contributed by atoms with E-state index in [9.17, 15) is 22.8 Å². The van der Waals surface area contributed by atoms with Crippen molar-refractivity contribution in [2.24, 2.45) is 5.92 Å². The van der Waals surface area contributed by atoms with Gasteiger partial charge in [0.05, 0.1) is 0 Å². The first-order chi connectivity index (χ1) is 12.6. The molecule has 1 fully saturated rings. The van der Waals surface area contributed by atoms with Crippen LogP contribution in [0.2, 0.25) is 5.02 Å². The zero-order valence-electron chi connectivity index (χ0n) is 14.5. The summed E-state index contributed by atoms with van der Waals surface area (Å²) in [5.74, 6) is -0.985. The molecule has 1 saturated heterocycles. The molecule has 1 aromatic carbocycles. The van der Waals surface area contributed by atoms with Crippen molar-refractivity contribution in [3.05, 3.63) is 41.6 Å². The Kier molecular flexibility index (Phi) is 7.12. The Morgan fingerprint density at radius 2 is 2.00 bits per heavy atom. The van der Waals surface area contributed by atoms with Gasteiger partial charge >= 0.3 is 6.18 Å². The van der Waals surface area contributed by atoms with Crippen LogP contribution < -0.4 is 10.1 Å². The molecule has 1 aliphatic rings. The molecule has 1 atom stereocenters. The highest BCUT2D eigenvalue weighted by Crippen LogP contribution is 2.32. The molecule has 0 radical (unpaired) electrons. The van der Waals surface area contributed by atoms with Gasteiger partial charge in [-0.05, 0) is 30.2 Å². The Hall–Kier alpha value is -2.22. The van der Waals surface area contributed by atoms with Crippen LogP contribution in [-0.4, -0.2) is 42.6 Å². The maximum Gasteiger partial charge on any atom is 0.389 e. The number of alkyl halides is 3. The van der Waals surface area contributed by atoms with Gasteiger partial charge in [-0.1, -0.05) is 18.2 Å². The topological polar surface area (TPSA) is 58.6 Å². The minimum absolute atomic E-state index is 0.00476. The number of carbonyl (C=O) groups is 2. The maximum absolute atomic E-state index is 12.5. The number of carbonyl (C=O) groups excluding carboxylic acids is 2. The summed E-state index contributed by atoms with van der Waals surface area (Å²) in [7, 11) is 0. The van der Waals surface area contributed by atoms with Crippen molar-refractivity contribution in [2.75, 3.05) is 19.7 Å². The second kappa shape index (κ2) is 9.12. The average Bonchev–Trinajstić information content (AvgIpc) is 2.92. The molecule has 5 nitrogen and oxygen atoms in total. The van der Waals surface area contributed by atoms with E-state index in [4.69, 9.17) is 16.3 Å². The number of benzene rings is 1. The number of rotatable bonds is 8. The molecule has 0 aliphatic carbocycles. The highest BCUT2D eigenvalue weighted by Gasteiger charge is 2.39. The van der Waals surface area contributed by atoms with E-state index in [-0.39, 0.29) is 44.4 Å². The van der Waals surface area contributed by atoms with Crippen LogP contribution >= 0.6 is 11.6 Å². The highest BCUT2D eigenvalue weighted by atomic mass is 35.5. The fourth-order valence-corrected chi connectivity index (χ4v) is 2.89. The van der Waals surface area contributed by atoms with Crippen molar-refractivity contribution < 1.29 is 27.5 Å². The minimum atomic E-state index is -4.29. The van der Waals surface area contributed by atoms with Crippen molar-refractivity contribution in [3.63, 3.8) is 0 Å². The van der Waals surface area contributed by atoms with Gasteiger partial charge in [0.25, 0.3) is 5.91 Å². The highest BCUT2D eigenvalue weighted by molar-refractivity contribution is 6.30. The molecule has 1 heterocycles. The van der Waals surface area contributed by atoms with E-state index in [0.717, 1.165) is 0 Å². The van der Waals surface area contributed by atoms with Crippen molar-refractivity contribution in [2.45, 2.75) is 25.4 Å². The largest absolute Gasteiger partial charge is 0.484 e. The lowest BCUT2D eigenvalue weighted by Gasteiger charge is -2.20. The fraction of sp³-hybridized carbons (Fsp3) is 0.444. The van der Waals surface area contributed by atoms with Gasteiger partial charge in [-0.25, -0.2) is 0 Å². The molecule has 0 aromatic heterocycles. The van der Waals surface area contributed by atoms with Crippen molar-refractivity contribution in [1.29, 1.82) is 0 Å². The second-order valence-corrected chi connectivity index (χ2v) is 6.74. The predicted molar refractivity (Wildman–Crippen MR) is 94.2 cm³/mol. The lowest BCUT2D eigenvalue weighted by atomic mass is 10.0. The Morgan fingerprint density at radius 3 is 2.63 bits per heavy atom. The molecular weight excluding hydrogens is 385 g/mol. The fourth-order valence-electron chi connectivity index (χ4n) is 2.76. The number of nitrogens with zero attached hydrogens (tertiary/aromatic N) is 1. The quantitative estimate of drug-likeness (QED) is 0.721. The summed E-state index contributed by atoms with van der Waals surface area (Å²) < 4.78 is 42.6. The normalized spacial score (nSPS) is 17.1. The number of halogens is 4. The molecular formula is C18H20ClF3N2O3. The molecule has 9 heteroatoms. The summed E-state index contributed by atoms with van der Waals surface area (Å²) in [4.78, 5) is 24.9. The molecule has 0 saturated carbocycles. The van der Waals surface area contributed by atoms with E-state index in [1.165, 1.54) is 4.90 Å². The first-order valence-electron chi connectivity index (χ1n) is 8.34. The number of amides is 2. The molecule has 0 unspecified atom stereocenters. The van der Waals surface area contributed by atoms with Gasteiger partial charge in [0, 0.05) is 43.1 Å². The Morgan fingerprint density at radius 1 is 1.33 bits per heavy atom. The molecule has 0 spiro atoms. The molecule has 2 rings (SSSR count). The third-order valence-corrected chi connectivity index (χ3v) is 4.28. The van der Waals surface area contributed by atoms with Gasteiger partial charge in [-0.2, -0.15) is 13.2 Å². The number of nitrogens with one attached hydrogen (secondary N) is 1. The number of likely N-dealkylation sites (tertiary alicyclic amines) is 1. The smallest absolute Gasteiger partial charge is 0.389 e. The van der Waals surface area contributed by atoms with Crippen molar-refractivity contribution in [1.82, 2.24) is 10.2 Å². The average molecular weight is 405 g/mol. The summed E-state index contributed by atoms with van der Waals surface area (Å²) in [6.45, 7) is 3.76.